The molecule has 0 saturated carbocycles. The van der Waals surface area contributed by atoms with Crippen LogP contribution in [0.4, 0.5) is 5.69 Å². The summed E-state index contributed by atoms with van der Waals surface area (Å²) >= 11 is 3.03. The van der Waals surface area contributed by atoms with Gasteiger partial charge in [0.1, 0.15) is 0 Å². The van der Waals surface area contributed by atoms with Crippen molar-refractivity contribution in [2.75, 3.05) is 7.11 Å². The van der Waals surface area contributed by atoms with Crippen LogP contribution in [-0.2, 0) is 0 Å². The number of hydrogen-bond donors (Lipinski definition) is 0. The quantitative estimate of drug-likeness (QED) is 0.468. The third kappa shape index (κ3) is 1.87. The standard InChI is InChI=1S/C7H5BrN2O4/c1-14-7-4(8)2-6(10(12)13)5(3-11)9-7/h2-3H,1H3. The van der Waals surface area contributed by atoms with Crippen molar-refractivity contribution in [1.29, 1.82) is 0 Å². The van der Waals surface area contributed by atoms with E-state index in [0.29, 0.717) is 10.8 Å². The van der Waals surface area contributed by atoms with Crippen LogP contribution in [0.2, 0.25) is 0 Å². The van der Waals surface area contributed by atoms with E-state index < -0.39 is 4.92 Å². The molecule has 0 amide bonds. The normalized spacial score (nSPS) is 9.57. The van der Waals surface area contributed by atoms with Crippen LogP contribution >= 0.6 is 15.9 Å². The maximum absolute atomic E-state index is 10.5. The summed E-state index contributed by atoms with van der Waals surface area (Å²) in [7, 11) is 1.35. The van der Waals surface area contributed by atoms with Gasteiger partial charge in [0.05, 0.1) is 16.5 Å². The summed E-state index contributed by atoms with van der Waals surface area (Å²) < 4.78 is 5.11. The van der Waals surface area contributed by atoms with Gasteiger partial charge in [-0.05, 0) is 15.9 Å². The van der Waals surface area contributed by atoms with Gasteiger partial charge in [-0.25, -0.2) is 4.98 Å². The van der Waals surface area contributed by atoms with Gasteiger partial charge in [0.2, 0.25) is 5.88 Å². The highest BCUT2D eigenvalue weighted by Crippen LogP contribution is 2.28. The molecule has 0 aliphatic heterocycles. The average Bonchev–Trinajstić information content (AvgIpc) is 2.17. The average molecular weight is 261 g/mol. The Kier molecular flexibility index (Phi) is 3.13. The van der Waals surface area contributed by atoms with Crippen molar-refractivity contribution < 1.29 is 14.5 Å². The van der Waals surface area contributed by atoms with E-state index in [1.807, 2.05) is 0 Å². The molecule has 6 nitrogen and oxygen atoms in total. The van der Waals surface area contributed by atoms with Crippen molar-refractivity contribution >= 4 is 27.9 Å². The first-order valence-electron chi connectivity index (χ1n) is 3.44. The van der Waals surface area contributed by atoms with E-state index in [4.69, 9.17) is 4.74 Å². The Morgan fingerprint density at radius 2 is 2.36 bits per heavy atom. The van der Waals surface area contributed by atoms with Gasteiger partial charge >= 0.3 is 0 Å². The fraction of sp³-hybridized carbons (Fsp3) is 0.143. The van der Waals surface area contributed by atoms with E-state index in [9.17, 15) is 14.9 Å². The predicted molar refractivity (Wildman–Crippen MR) is 50.5 cm³/mol. The van der Waals surface area contributed by atoms with Gasteiger partial charge in [-0.1, -0.05) is 0 Å². The summed E-state index contributed by atoms with van der Waals surface area (Å²) in [5.41, 5.74) is -0.609. The Balaban J connectivity index is 3.38. The third-order valence-corrected chi connectivity index (χ3v) is 2.02. The number of nitrogens with zero attached hydrogens (tertiary/aromatic N) is 2. The van der Waals surface area contributed by atoms with Gasteiger partial charge in [-0.15, -0.1) is 0 Å². The van der Waals surface area contributed by atoms with E-state index in [2.05, 4.69) is 20.9 Å². The van der Waals surface area contributed by atoms with Crippen molar-refractivity contribution in [2.45, 2.75) is 0 Å². The second kappa shape index (κ2) is 4.14. The minimum atomic E-state index is -0.680. The maximum atomic E-state index is 10.5. The Hall–Kier alpha value is -1.50. The Labute approximate surface area is 87.2 Å². The fourth-order valence-electron chi connectivity index (χ4n) is 0.852. The van der Waals surface area contributed by atoms with Crippen molar-refractivity contribution in [1.82, 2.24) is 4.98 Å². The van der Waals surface area contributed by atoms with Crippen LogP contribution < -0.4 is 4.74 Å². The monoisotopic (exact) mass is 260 g/mol. The molecular weight excluding hydrogens is 256 g/mol. The topological polar surface area (TPSA) is 82.3 Å². The van der Waals surface area contributed by atoms with Crippen molar-refractivity contribution in [3.63, 3.8) is 0 Å². The summed E-state index contributed by atoms with van der Waals surface area (Å²) in [6, 6.07) is 1.18. The highest BCUT2D eigenvalue weighted by Gasteiger charge is 2.18. The minimum Gasteiger partial charge on any atom is -0.480 e. The van der Waals surface area contributed by atoms with Crippen molar-refractivity contribution in [3.8, 4) is 5.88 Å². The first-order chi connectivity index (χ1) is 6.60. The van der Waals surface area contributed by atoms with E-state index in [1.54, 1.807) is 0 Å². The highest BCUT2D eigenvalue weighted by molar-refractivity contribution is 9.10. The van der Waals surface area contributed by atoms with Crippen molar-refractivity contribution in [2.24, 2.45) is 0 Å². The highest BCUT2D eigenvalue weighted by atomic mass is 79.9. The van der Waals surface area contributed by atoms with Crippen LogP contribution in [0.15, 0.2) is 10.5 Å². The smallest absolute Gasteiger partial charge is 0.299 e. The number of carbonyl (C=O) groups is 1. The van der Waals surface area contributed by atoms with Crippen LogP contribution in [0.1, 0.15) is 10.5 Å². The molecule has 0 radical (unpaired) electrons. The van der Waals surface area contributed by atoms with Crippen LogP contribution in [0.25, 0.3) is 0 Å². The molecule has 1 aromatic heterocycles. The molecular formula is C7H5BrN2O4. The zero-order chi connectivity index (χ0) is 10.7. The Bertz CT molecular complexity index is 394. The van der Waals surface area contributed by atoms with Gasteiger partial charge in [-0.3, -0.25) is 14.9 Å². The fourth-order valence-corrected chi connectivity index (χ4v) is 1.32. The Morgan fingerprint density at radius 1 is 1.71 bits per heavy atom. The van der Waals surface area contributed by atoms with Gasteiger partial charge in [-0.2, -0.15) is 0 Å². The van der Waals surface area contributed by atoms with E-state index >= 15 is 0 Å². The number of carbonyl (C=O) groups excluding carboxylic acids is 1. The number of ether oxygens (including phenoxy) is 1. The summed E-state index contributed by atoms with van der Waals surface area (Å²) in [5, 5.41) is 10.5. The van der Waals surface area contributed by atoms with Crippen LogP contribution in [0.3, 0.4) is 0 Å². The molecule has 0 saturated heterocycles. The molecule has 7 heteroatoms. The van der Waals surface area contributed by atoms with Crippen LogP contribution in [0.5, 0.6) is 5.88 Å². The first-order valence-corrected chi connectivity index (χ1v) is 4.23. The molecule has 0 aromatic carbocycles. The number of halogens is 1. The lowest BCUT2D eigenvalue weighted by Crippen LogP contribution is -2.00. The largest absolute Gasteiger partial charge is 0.480 e. The lowest BCUT2D eigenvalue weighted by atomic mass is 10.3. The molecule has 0 unspecified atom stereocenters. The van der Waals surface area contributed by atoms with Gasteiger partial charge in [0.25, 0.3) is 5.69 Å². The molecule has 1 rings (SSSR count). The lowest BCUT2D eigenvalue weighted by molar-refractivity contribution is -0.385. The maximum Gasteiger partial charge on any atom is 0.299 e. The molecule has 0 spiro atoms. The number of rotatable bonds is 3. The molecule has 0 fully saturated rings. The van der Waals surface area contributed by atoms with Crippen LogP contribution in [0, 0.1) is 10.1 Å². The Morgan fingerprint density at radius 3 is 2.79 bits per heavy atom. The van der Waals surface area contributed by atoms with E-state index in [1.165, 1.54) is 13.2 Å². The summed E-state index contributed by atoms with van der Waals surface area (Å²) in [6.07, 6.45) is 0.313. The predicted octanol–water partition coefficient (Wildman–Crippen LogP) is 1.57. The molecule has 0 N–H and O–H groups in total. The molecule has 0 atom stereocenters. The SMILES string of the molecule is COc1nc(C=O)c([N+](=O)[O-])cc1Br. The zero-order valence-corrected chi connectivity index (χ0v) is 8.65. The second-order valence-corrected chi connectivity index (χ2v) is 3.11. The van der Waals surface area contributed by atoms with E-state index in [-0.39, 0.29) is 17.3 Å². The molecule has 0 bridgehead atoms. The van der Waals surface area contributed by atoms with Crippen LogP contribution in [-0.4, -0.2) is 23.3 Å². The third-order valence-electron chi connectivity index (χ3n) is 1.45. The number of aldehydes is 1. The lowest BCUT2D eigenvalue weighted by Gasteiger charge is -2.02. The van der Waals surface area contributed by atoms with E-state index in [0.717, 1.165) is 0 Å². The number of methoxy groups -OCH3 is 1. The number of hydrogen-bond acceptors (Lipinski definition) is 5. The van der Waals surface area contributed by atoms with Gasteiger partial charge in [0.15, 0.2) is 12.0 Å². The number of pyridine rings is 1. The second-order valence-electron chi connectivity index (χ2n) is 2.26. The number of nitro groups is 1. The molecule has 0 aliphatic carbocycles. The van der Waals surface area contributed by atoms with Gasteiger partial charge in [0, 0.05) is 6.07 Å². The summed E-state index contributed by atoms with van der Waals surface area (Å²) in [5.74, 6) is 0.137. The first kappa shape index (κ1) is 10.6. The summed E-state index contributed by atoms with van der Waals surface area (Å²) in [6.45, 7) is 0. The molecule has 14 heavy (non-hydrogen) atoms. The minimum absolute atomic E-state index is 0.137. The zero-order valence-electron chi connectivity index (χ0n) is 7.06. The molecule has 0 aliphatic rings. The van der Waals surface area contributed by atoms with Crippen molar-refractivity contribution in [3.05, 3.63) is 26.3 Å². The number of aromatic nitrogens is 1. The summed E-state index contributed by atoms with van der Waals surface area (Å²) in [4.78, 5) is 23.9. The molecule has 74 valence electrons. The molecule has 1 aromatic rings. The van der Waals surface area contributed by atoms with Gasteiger partial charge < -0.3 is 4.74 Å². The molecule has 1 heterocycles.